The van der Waals surface area contributed by atoms with Gasteiger partial charge >= 0.3 is 11.0 Å². The van der Waals surface area contributed by atoms with Crippen molar-refractivity contribution in [1.29, 1.82) is 0 Å². The maximum absolute atomic E-state index is 13.0. The Morgan fingerprint density at radius 1 is 1.09 bits per heavy atom. The SMILES string of the molecule is Cc1c(C(=O)NCc2ccc3c(c2)OCCO3)sc(=O)n1Cc1cccc(C(F)(F)F)c1. The maximum Gasteiger partial charge on any atom is 0.416 e. The molecule has 1 aromatic heterocycles. The molecule has 32 heavy (non-hydrogen) atoms. The van der Waals surface area contributed by atoms with Gasteiger partial charge in [0, 0.05) is 12.2 Å². The van der Waals surface area contributed by atoms with E-state index in [0.29, 0.717) is 36.0 Å². The summed E-state index contributed by atoms with van der Waals surface area (Å²) in [6.45, 7) is 2.70. The fourth-order valence-electron chi connectivity index (χ4n) is 3.36. The lowest BCUT2D eigenvalue weighted by atomic mass is 10.1. The molecule has 0 unspecified atom stereocenters. The number of benzene rings is 2. The van der Waals surface area contributed by atoms with Crippen molar-refractivity contribution in [2.24, 2.45) is 0 Å². The van der Waals surface area contributed by atoms with Crippen LogP contribution in [0.5, 0.6) is 11.5 Å². The van der Waals surface area contributed by atoms with Gasteiger partial charge in [-0.3, -0.25) is 14.2 Å². The Balaban J connectivity index is 1.48. The smallest absolute Gasteiger partial charge is 0.416 e. The van der Waals surface area contributed by atoms with Gasteiger partial charge in [0.25, 0.3) is 5.91 Å². The number of hydrogen-bond acceptors (Lipinski definition) is 5. The standard InChI is InChI=1S/C22H19F3N2O4S/c1-13-19(20(28)26-11-14-5-6-17-18(10-14)31-8-7-30-17)32-21(29)27(13)12-15-3-2-4-16(9-15)22(23,24)25/h2-6,9-10H,7-8,11-12H2,1H3,(H,26,28). The fraction of sp³-hybridized carbons (Fsp3) is 0.273. The van der Waals surface area contributed by atoms with Crippen molar-refractivity contribution in [3.8, 4) is 11.5 Å². The van der Waals surface area contributed by atoms with Crippen molar-refractivity contribution in [2.45, 2.75) is 26.2 Å². The zero-order valence-corrected chi connectivity index (χ0v) is 17.8. The van der Waals surface area contributed by atoms with Crippen molar-refractivity contribution in [2.75, 3.05) is 13.2 Å². The van der Waals surface area contributed by atoms with Gasteiger partial charge in [-0.15, -0.1) is 0 Å². The van der Waals surface area contributed by atoms with Crippen molar-refractivity contribution < 1.29 is 27.4 Å². The van der Waals surface area contributed by atoms with Crippen LogP contribution in [0.15, 0.2) is 47.3 Å². The van der Waals surface area contributed by atoms with Crippen LogP contribution in [-0.2, 0) is 19.3 Å². The summed E-state index contributed by atoms with van der Waals surface area (Å²) < 4.78 is 51.2. The highest BCUT2D eigenvalue weighted by Crippen LogP contribution is 2.31. The predicted molar refractivity (Wildman–Crippen MR) is 112 cm³/mol. The Morgan fingerprint density at radius 2 is 1.84 bits per heavy atom. The third-order valence-electron chi connectivity index (χ3n) is 5.00. The van der Waals surface area contributed by atoms with E-state index in [-0.39, 0.29) is 18.0 Å². The number of fused-ring (bicyclic) bond motifs is 1. The van der Waals surface area contributed by atoms with Crippen molar-refractivity contribution in [3.63, 3.8) is 0 Å². The van der Waals surface area contributed by atoms with Crippen LogP contribution in [0.1, 0.15) is 32.1 Å². The lowest BCUT2D eigenvalue weighted by Crippen LogP contribution is -2.23. The number of carbonyl (C=O) groups excluding carboxylic acids is 1. The van der Waals surface area contributed by atoms with E-state index in [1.165, 1.54) is 16.7 Å². The predicted octanol–water partition coefficient (Wildman–Crippen LogP) is 3.99. The second-order valence-corrected chi connectivity index (χ2v) is 8.19. The molecule has 0 radical (unpaired) electrons. The van der Waals surface area contributed by atoms with Crippen molar-refractivity contribution in [3.05, 3.63) is 79.4 Å². The quantitative estimate of drug-likeness (QED) is 0.620. The number of thiazole rings is 1. The molecule has 10 heteroatoms. The van der Waals surface area contributed by atoms with Crippen LogP contribution in [0.2, 0.25) is 0 Å². The van der Waals surface area contributed by atoms with E-state index in [2.05, 4.69) is 5.32 Å². The van der Waals surface area contributed by atoms with E-state index in [1.54, 1.807) is 19.1 Å². The van der Waals surface area contributed by atoms with Gasteiger partial charge in [-0.25, -0.2) is 0 Å². The summed E-state index contributed by atoms with van der Waals surface area (Å²) >= 11 is 0.765. The molecule has 3 aromatic rings. The molecule has 2 aromatic carbocycles. The highest BCUT2D eigenvalue weighted by molar-refractivity contribution is 7.11. The number of aromatic nitrogens is 1. The molecule has 1 amide bonds. The number of nitrogens with one attached hydrogen (secondary N) is 1. The highest BCUT2D eigenvalue weighted by Gasteiger charge is 2.30. The number of ether oxygens (including phenoxy) is 2. The minimum absolute atomic E-state index is 0.0550. The molecule has 0 bridgehead atoms. The molecular weight excluding hydrogens is 445 g/mol. The van der Waals surface area contributed by atoms with Gasteiger partial charge in [0.15, 0.2) is 11.5 Å². The Labute approximate surface area is 185 Å². The first-order valence-electron chi connectivity index (χ1n) is 9.75. The molecule has 0 atom stereocenters. The summed E-state index contributed by atoms with van der Waals surface area (Å²) in [6, 6.07) is 10.1. The number of halogens is 3. The zero-order chi connectivity index (χ0) is 22.9. The minimum atomic E-state index is -4.47. The summed E-state index contributed by atoms with van der Waals surface area (Å²) in [5.74, 6) is 0.824. The van der Waals surface area contributed by atoms with Gasteiger partial charge in [0.1, 0.15) is 18.1 Å². The molecule has 168 valence electrons. The van der Waals surface area contributed by atoms with Gasteiger partial charge < -0.3 is 14.8 Å². The molecule has 0 spiro atoms. The number of carbonyl (C=O) groups is 1. The molecule has 1 aliphatic heterocycles. The van der Waals surface area contributed by atoms with Crippen LogP contribution >= 0.6 is 11.3 Å². The molecule has 4 rings (SSSR count). The molecule has 1 N–H and O–H groups in total. The van der Waals surface area contributed by atoms with Crippen LogP contribution in [0.25, 0.3) is 0 Å². The Kier molecular flexibility index (Phi) is 5.96. The van der Waals surface area contributed by atoms with E-state index in [9.17, 15) is 22.8 Å². The number of rotatable bonds is 5. The number of hydrogen-bond donors (Lipinski definition) is 1. The van der Waals surface area contributed by atoms with E-state index in [1.807, 2.05) is 6.07 Å². The third-order valence-corrected chi connectivity index (χ3v) is 6.08. The largest absolute Gasteiger partial charge is 0.486 e. The summed E-state index contributed by atoms with van der Waals surface area (Å²) in [5, 5.41) is 2.77. The molecule has 0 fully saturated rings. The average molecular weight is 464 g/mol. The van der Waals surface area contributed by atoms with Gasteiger partial charge in [0.2, 0.25) is 0 Å². The fourth-order valence-corrected chi connectivity index (χ4v) is 4.27. The topological polar surface area (TPSA) is 69.6 Å². The Hall–Kier alpha value is -3.27. The summed E-state index contributed by atoms with van der Waals surface area (Å²) in [4.78, 5) is 24.9. The monoisotopic (exact) mass is 464 g/mol. The number of alkyl halides is 3. The van der Waals surface area contributed by atoms with Gasteiger partial charge in [-0.1, -0.05) is 29.5 Å². The van der Waals surface area contributed by atoms with E-state index >= 15 is 0 Å². The van der Waals surface area contributed by atoms with Crippen LogP contribution < -0.4 is 19.7 Å². The van der Waals surface area contributed by atoms with Crippen molar-refractivity contribution >= 4 is 17.2 Å². The first kappa shape index (κ1) is 21.9. The summed E-state index contributed by atoms with van der Waals surface area (Å²) in [7, 11) is 0. The van der Waals surface area contributed by atoms with Crippen molar-refractivity contribution in [1.82, 2.24) is 9.88 Å². The lowest BCUT2D eigenvalue weighted by molar-refractivity contribution is -0.137. The molecule has 0 saturated carbocycles. The minimum Gasteiger partial charge on any atom is -0.486 e. The second-order valence-electron chi connectivity index (χ2n) is 7.23. The maximum atomic E-state index is 13.0. The third kappa shape index (κ3) is 4.64. The van der Waals surface area contributed by atoms with Crippen LogP contribution in [-0.4, -0.2) is 23.7 Å². The summed E-state index contributed by atoms with van der Waals surface area (Å²) in [5.41, 5.74) is 0.743. The van der Waals surface area contributed by atoms with E-state index < -0.39 is 22.5 Å². The average Bonchev–Trinajstić information content (AvgIpc) is 3.05. The van der Waals surface area contributed by atoms with Gasteiger partial charge in [-0.05, 0) is 42.3 Å². The molecular formula is C22H19F3N2O4S. The van der Waals surface area contributed by atoms with E-state index in [4.69, 9.17) is 9.47 Å². The summed E-state index contributed by atoms with van der Waals surface area (Å²) in [6.07, 6.45) is -4.47. The zero-order valence-electron chi connectivity index (χ0n) is 17.0. The number of nitrogens with zero attached hydrogens (tertiary/aromatic N) is 1. The Morgan fingerprint density at radius 3 is 2.59 bits per heavy atom. The van der Waals surface area contributed by atoms with Crippen LogP contribution in [0, 0.1) is 6.92 Å². The second kappa shape index (κ2) is 8.70. The first-order valence-corrected chi connectivity index (χ1v) is 10.6. The normalized spacial score (nSPS) is 13.1. The molecule has 0 saturated heterocycles. The van der Waals surface area contributed by atoms with Crippen LogP contribution in [0.3, 0.4) is 0 Å². The first-order chi connectivity index (χ1) is 15.2. The molecule has 6 nitrogen and oxygen atoms in total. The van der Waals surface area contributed by atoms with Gasteiger partial charge in [-0.2, -0.15) is 13.2 Å². The molecule has 0 aliphatic carbocycles. The van der Waals surface area contributed by atoms with E-state index in [0.717, 1.165) is 29.0 Å². The Bertz CT molecular complexity index is 1220. The van der Waals surface area contributed by atoms with Gasteiger partial charge in [0.05, 0.1) is 12.1 Å². The molecule has 1 aliphatic rings. The lowest BCUT2D eigenvalue weighted by Gasteiger charge is -2.18. The molecule has 2 heterocycles. The number of amides is 1. The van der Waals surface area contributed by atoms with Crippen LogP contribution in [0.4, 0.5) is 13.2 Å². The highest BCUT2D eigenvalue weighted by atomic mass is 32.1.